The van der Waals surface area contributed by atoms with Gasteiger partial charge in [-0.3, -0.25) is 4.79 Å². The Labute approximate surface area is 172 Å². The van der Waals surface area contributed by atoms with Crippen LogP contribution in [0.15, 0.2) is 30.6 Å². The number of carbonyl (C=O) groups excluding carboxylic acids is 1. The molecule has 1 unspecified atom stereocenters. The van der Waals surface area contributed by atoms with E-state index >= 15 is 0 Å². The summed E-state index contributed by atoms with van der Waals surface area (Å²) in [7, 11) is 3.54. The second kappa shape index (κ2) is 9.80. The minimum absolute atomic E-state index is 0. The molecule has 0 bridgehead atoms. The summed E-state index contributed by atoms with van der Waals surface area (Å²) in [5, 5.41) is 3.35. The first-order valence-corrected chi connectivity index (χ1v) is 9.31. The van der Waals surface area contributed by atoms with E-state index in [2.05, 4.69) is 24.1 Å². The lowest BCUT2D eigenvalue weighted by Crippen LogP contribution is -2.49. The van der Waals surface area contributed by atoms with Gasteiger partial charge in [-0.15, -0.1) is 12.4 Å². The van der Waals surface area contributed by atoms with Crippen LogP contribution < -0.4 is 14.8 Å². The van der Waals surface area contributed by atoms with Crippen LogP contribution in [0.5, 0.6) is 11.5 Å². The van der Waals surface area contributed by atoms with Crippen LogP contribution in [-0.4, -0.2) is 53.7 Å². The Kier molecular flexibility index (Phi) is 7.71. The summed E-state index contributed by atoms with van der Waals surface area (Å²) in [6.45, 7) is 6.86. The molecule has 1 saturated heterocycles. The Hall–Kier alpha value is -2.25. The largest absolute Gasteiger partial charge is 0.493 e. The lowest BCUT2D eigenvalue weighted by atomic mass is 10.1. The number of hydrogen-bond acceptors (Lipinski definition) is 5. The second-order valence-electron chi connectivity index (χ2n) is 7.19. The van der Waals surface area contributed by atoms with E-state index in [0.29, 0.717) is 42.7 Å². The van der Waals surface area contributed by atoms with Gasteiger partial charge < -0.3 is 24.3 Å². The van der Waals surface area contributed by atoms with Crippen LogP contribution in [0.2, 0.25) is 0 Å². The van der Waals surface area contributed by atoms with E-state index in [9.17, 15) is 4.79 Å². The second-order valence-corrected chi connectivity index (χ2v) is 7.19. The number of benzene rings is 1. The summed E-state index contributed by atoms with van der Waals surface area (Å²) >= 11 is 0. The van der Waals surface area contributed by atoms with Gasteiger partial charge in [-0.05, 0) is 24.1 Å². The van der Waals surface area contributed by atoms with Gasteiger partial charge in [0.15, 0.2) is 11.5 Å². The number of nitrogens with zero attached hydrogens (tertiary/aromatic N) is 3. The van der Waals surface area contributed by atoms with Gasteiger partial charge in [0.25, 0.3) is 5.91 Å². The number of aryl methyl sites for hydroxylation is 1. The highest BCUT2D eigenvalue weighted by Crippen LogP contribution is 2.30. The number of amides is 1. The molecule has 8 heteroatoms. The summed E-state index contributed by atoms with van der Waals surface area (Å²) in [6, 6.07) is 5.27. The van der Waals surface area contributed by atoms with Gasteiger partial charge in [0.1, 0.15) is 11.9 Å². The summed E-state index contributed by atoms with van der Waals surface area (Å²) in [5.74, 6) is 2.49. The number of hydrogen-bond donors (Lipinski definition) is 1. The van der Waals surface area contributed by atoms with Crippen LogP contribution >= 0.6 is 12.4 Å². The monoisotopic (exact) mass is 408 g/mol. The molecule has 0 saturated carbocycles. The fraction of sp³-hybridized carbons (Fsp3) is 0.500. The van der Waals surface area contributed by atoms with Gasteiger partial charge >= 0.3 is 0 Å². The van der Waals surface area contributed by atoms with Gasteiger partial charge in [-0.2, -0.15) is 0 Å². The zero-order chi connectivity index (χ0) is 19.4. The fourth-order valence-corrected chi connectivity index (χ4v) is 3.22. The van der Waals surface area contributed by atoms with Crippen molar-refractivity contribution in [3.05, 3.63) is 42.0 Å². The van der Waals surface area contributed by atoms with E-state index in [-0.39, 0.29) is 24.4 Å². The molecule has 2 heterocycles. The van der Waals surface area contributed by atoms with Gasteiger partial charge in [-0.25, -0.2) is 4.98 Å². The van der Waals surface area contributed by atoms with Gasteiger partial charge in [0.05, 0.1) is 13.7 Å². The Balaban J connectivity index is 0.00000280. The maximum absolute atomic E-state index is 13.2. The minimum atomic E-state index is -0.103. The topological polar surface area (TPSA) is 68.6 Å². The molecule has 0 spiro atoms. The zero-order valence-electron chi connectivity index (χ0n) is 16.8. The lowest BCUT2D eigenvalue weighted by molar-refractivity contribution is 0.0620. The minimum Gasteiger partial charge on any atom is -0.493 e. The van der Waals surface area contributed by atoms with Crippen molar-refractivity contribution in [2.75, 3.05) is 33.4 Å². The molecule has 7 nitrogen and oxygen atoms in total. The van der Waals surface area contributed by atoms with E-state index in [1.165, 1.54) is 0 Å². The third kappa shape index (κ3) is 4.77. The number of halogens is 1. The van der Waals surface area contributed by atoms with Crippen molar-refractivity contribution in [1.29, 1.82) is 0 Å². The van der Waals surface area contributed by atoms with E-state index in [0.717, 1.165) is 12.4 Å². The van der Waals surface area contributed by atoms with Gasteiger partial charge in [0.2, 0.25) is 0 Å². The van der Waals surface area contributed by atoms with Crippen LogP contribution in [0.3, 0.4) is 0 Å². The number of aromatic nitrogens is 2. The molecule has 1 aliphatic heterocycles. The standard InChI is InChI=1S/C20H28N4O3.ClH/c1-14(2)13-27-17-6-5-15(11-18(17)26-4)20(25)24-10-7-21-12-16(24)19-22-8-9-23(19)3;/h5-6,8-9,11,14,16,21H,7,10,12-13H2,1-4H3;1H. The molecule has 28 heavy (non-hydrogen) atoms. The van der Waals surface area contributed by atoms with Crippen LogP contribution in [0.1, 0.15) is 36.1 Å². The van der Waals surface area contributed by atoms with Crippen molar-refractivity contribution in [3.8, 4) is 11.5 Å². The molecule has 1 atom stereocenters. The molecule has 154 valence electrons. The van der Waals surface area contributed by atoms with Crippen molar-refractivity contribution < 1.29 is 14.3 Å². The SMILES string of the molecule is COc1cc(C(=O)N2CCNCC2c2nccn2C)ccc1OCC(C)C.Cl. The first kappa shape index (κ1) is 22.0. The first-order valence-electron chi connectivity index (χ1n) is 9.31. The van der Waals surface area contributed by atoms with Crippen LogP contribution in [0, 0.1) is 5.92 Å². The number of imidazole rings is 1. The van der Waals surface area contributed by atoms with E-state index in [1.54, 1.807) is 25.4 Å². The Morgan fingerprint density at radius 1 is 1.36 bits per heavy atom. The third-order valence-electron chi connectivity index (χ3n) is 4.64. The highest BCUT2D eigenvalue weighted by atomic mass is 35.5. The molecule has 1 aromatic carbocycles. The summed E-state index contributed by atoms with van der Waals surface area (Å²) in [5.41, 5.74) is 0.588. The molecule has 1 fully saturated rings. The Morgan fingerprint density at radius 3 is 2.79 bits per heavy atom. The number of nitrogens with one attached hydrogen (secondary N) is 1. The Morgan fingerprint density at radius 2 is 2.14 bits per heavy atom. The predicted molar refractivity (Wildman–Crippen MR) is 110 cm³/mol. The molecular weight excluding hydrogens is 380 g/mol. The summed E-state index contributed by atoms with van der Waals surface area (Å²) < 4.78 is 13.2. The van der Waals surface area contributed by atoms with Crippen LogP contribution in [0.25, 0.3) is 0 Å². The van der Waals surface area contributed by atoms with Crippen molar-refractivity contribution in [3.63, 3.8) is 0 Å². The van der Waals surface area contributed by atoms with Gasteiger partial charge in [-0.1, -0.05) is 13.8 Å². The number of rotatable bonds is 6. The summed E-state index contributed by atoms with van der Waals surface area (Å²) in [4.78, 5) is 19.5. The van der Waals surface area contributed by atoms with Crippen LogP contribution in [0.4, 0.5) is 0 Å². The maximum Gasteiger partial charge on any atom is 0.254 e. The Bertz CT molecular complexity index is 794. The van der Waals surface area contributed by atoms with E-state index in [4.69, 9.17) is 9.47 Å². The van der Waals surface area contributed by atoms with Crippen molar-refractivity contribution >= 4 is 18.3 Å². The number of ether oxygens (including phenoxy) is 2. The lowest BCUT2D eigenvalue weighted by Gasteiger charge is -2.35. The molecular formula is C20H29ClN4O3. The molecule has 1 N–H and O–H groups in total. The van der Waals surface area contributed by atoms with Crippen molar-refractivity contribution in [2.24, 2.45) is 13.0 Å². The third-order valence-corrected chi connectivity index (χ3v) is 4.64. The summed E-state index contributed by atoms with van der Waals surface area (Å²) in [6.07, 6.45) is 3.66. The molecule has 0 radical (unpaired) electrons. The molecule has 2 aromatic rings. The van der Waals surface area contributed by atoms with Crippen LogP contribution in [-0.2, 0) is 7.05 Å². The maximum atomic E-state index is 13.2. The average molecular weight is 409 g/mol. The number of carbonyl (C=O) groups is 1. The molecule has 1 amide bonds. The van der Waals surface area contributed by atoms with Crippen molar-refractivity contribution in [1.82, 2.24) is 19.8 Å². The number of methoxy groups -OCH3 is 1. The number of piperazine rings is 1. The quantitative estimate of drug-likeness (QED) is 0.795. The normalized spacial score (nSPS) is 16.6. The molecule has 3 rings (SSSR count). The first-order chi connectivity index (χ1) is 13.0. The predicted octanol–water partition coefficient (Wildman–Crippen LogP) is 2.67. The molecule has 0 aliphatic carbocycles. The van der Waals surface area contributed by atoms with Gasteiger partial charge in [0, 0.05) is 44.6 Å². The average Bonchev–Trinajstić information content (AvgIpc) is 3.11. The fourth-order valence-electron chi connectivity index (χ4n) is 3.22. The highest BCUT2D eigenvalue weighted by Gasteiger charge is 2.31. The molecule has 1 aliphatic rings. The smallest absolute Gasteiger partial charge is 0.254 e. The van der Waals surface area contributed by atoms with E-state index < -0.39 is 0 Å². The zero-order valence-corrected chi connectivity index (χ0v) is 17.7. The van der Waals surface area contributed by atoms with Crippen molar-refractivity contribution in [2.45, 2.75) is 19.9 Å². The highest BCUT2D eigenvalue weighted by molar-refractivity contribution is 5.95. The van der Waals surface area contributed by atoms with E-state index in [1.807, 2.05) is 28.8 Å². The molecule has 1 aromatic heterocycles.